The predicted octanol–water partition coefficient (Wildman–Crippen LogP) is 2.48. The van der Waals surface area contributed by atoms with E-state index in [-0.39, 0.29) is 6.04 Å². The van der Waals surface area contributed by atoms with Crippen LogP contribution in [0.5, 0.6) is 0 Å². The van der Waals surface area contributed by atoms with Gasteiger partial charge in [-0.05, 0) is 18.1 Å². The first-order valence-corrected chi connectivity index (χ1v) is 6.47. The van der Waals surface area contributed by atoms with Crippen LogP contribution in [-0.2, 0) is 6.54 Å². The van der Waals surface area contributed by atoms with Crippen LogP contribution < -0.4 is 5.84 Å². The van der Waals surface area contributed by atoms with Crippen molar-refractivity contribution in [1.29, 1.82) is 0 Å². The first kappa shape index (κ1) is 13.7. The number of benzene rings is 2. The van der Waals surface area contributed by atoms with Gasteiger partial charge in [0.15, 0.2) is 0 Å². The monoisotopic (exact) mass is 256 g/mol. The Morgan fingerprint density at radius 1 is 1.00 bits per heavy atom. The molecule has 2 atom stereocenters. The van der Waals surface area contributed by atoms with Crippen LogP contribution in [0.25, 0.3) is 0 Å². The lowest BCUT2D eigenvalue weighted by Gasteiger charge is -2.28. The third kappa shape index (κ3) is 3.64. The van der Waals surface area contributed by atoms with E-state index in [1.807, 2.05) is 67.6 Å². The van der Waals surface area contributed by atoms with Gasteiger partial charge in [-0.15, -0.1) is 0 Å². The third-order valence-corrected chi connectivity index (χ3v) is 3.33. The van der Waals surface area contributed by atoms with Crippen LogP contribution in [0.3, 0.4) is 0 Å². The Kier molecular flexibility index (Phi) is 4.68. The molecule has 0 bridgehead atoms. The predicted molar refractivity (Wildman–Crippen MR) is 77.0 cm³/mol. The molecule has 0 aromatic heterocycles. The number of rotatable bonds is 5. The van der Waals surface area contributed by atoms with E-state index >= 15 is 0 Å². The average molecular weight is 256 g/mol. The van der Waals surface area contributed by atoms with E-state index in [2.05, 4.69) is 0 Å². The molecule has 0 radical (unpaired) electrons. The maximum atomic E-state index is 10.3. The highest BCUT2D eigenvalue weighted by Gasteiger charge is 2.20. The Bertz CT molecular complexity index is 487. The molecule has 0 saturated carbocycles. The average Bonchev–Trinajstić information content (AvgIpc) is 2.47. The van der Waals surface area contributed by atoms with Gasteiger partial charge in [-0.25, -0.2) is 5.01 Å². The first-order chi connectivity index (χ1) is 9.18. The highest BCUT2D eigenvalue weighted by molar-refractivity contribution is 5.19. The van der Waals surface area contributed by atoms with Crippen molar-refractivity contribution in [3.05, 3.63) is 71.8 Å². The fraction of sp³-hybridized carbons (Fsp3) is 0.250. The number of aliphatic hydroxyl groups is 1. The minimum Gasteiger partial charge on any atom is -0.387 e. The molecule has 2 aromatic carbocycles. The number of hydrazine groups is 1. The second kappa shape index (κ2) is 6.48. The third-order valence-electron chi connectivity index (χ3n) is 3.33. The normalized spacial score (nSPS) is 14.3. The van der Waals surface area contributed by atoms with Crippen molar-refractivity contribution in [1.82, 2.24) is 5.01 Å². The summed E-state index contributed by atoms with van der Waals surface area (Å²) in [5.41, 5.74) is 2.02. The lowest BCUT2D eigenvalue weighted by molar-refractivity contribution is 0.0531. The molecule has 3 nitrogen and oxygen atoms in total. The van der Waals surface area contributed by atoms with Gasteiger partial charge in [-0.2, -0.15) is 0 Å². The molecule has 0 aliphatic carbocycles. The minimum absolute atomic E-state index is 0.150. The number of nitrogens with zero attached hydrogens (tertiary/aromatic N) is 1. The summed E-state index contributed by atoms with van der Waals surface area (Å²) in [5.74, 6) is 6.06. The lowest BCUT2D eigenvalue weighted by atomic mass is 10.0. The largest absolute Gasteiger partial charge is 0.387 e. The van der Waals surface area contributed by atoms with Crippen molar-refractivity contribution in [3.8, 4) is 0 Å². The highest BCUT2D eigenvalue weighted by atomic mass is 16.3. The van der Waals surface area contributed by atoms with Crippen LogP contribution in [0.15, 0.2) is 60.7 Å². The van der Waals surface area contributed by atoms with E-state index in [9.17, 15) is 5.11 Å². The van der Waals surface area contributed by atoms with E-state index in [0.29, 0.717) is 6.54 Å². The number of nitrogens with two attached hydrogens (primary N) is 1. The van der Waals surface area contributed by atoms with Gasteiger partial charge >= 0.3 is 0 Å². The fourth-order valence-electron chi connectivity index (χ4n) is 2.05. The fourth-order valence-corrected chi connectivity index (χ4v) is 2.05. The van der Waals surface area contributed by atoms with Crippen molar-refractivity contribution < 1.29 is 5.11 Å². The van der Waals surface area contributed by atoms with E-state index in [4.69, 9.17) is 5.84 Å². The molecule has 0 amide bonds. The van der Waals surface area contributed by atoms with E-state index < -0.39 is 6.10 Å². The second-order valence-corrected chi connectivity index (χ2v) is 4.75. The molecule has 19 heavy (non-hydrogen) atoms. The van der Waals surface area contributed by atoms with Crippen molar-refractivity contribution in [2.45, 2.75) is 25.6 Å². The zero-order valence-electron chi connectivity index (χ0n) is 11.1. The van der Waals surface area contributed by atoms with Crippen molar-refractivity contribution in [2.24, 2.45) is 5.84 Å². The summed E-state index contributed by atoms with van der Waals surface area (Å²) in [6.07, 6.45) is -0.588. The van der Waals surface area contributed by atoms with Gasteiger partial charge in [0.05, 0.1) is 12.1 Å². The number of aliphatic hydroxyl groups excluding tert-OH is 1. The molecule has 0 fully saturated rings. The van der Waals surface area contributed by atoms with E-state index in [1.165, 1.54) is 0 Å². The van der Waals surface area contributed by atoms with Crippen molar-refractivity contribution in [3.63, 3.8) is 0 Å². The Morgan fingerprint density at radius 2 is 1.53 bits per heavy atom. The molecule has 2 rings (SSSR count). The van der Waals surface area contributed by atoms with Crippen LogP contribution in [0.1, 0.15) is 24.2 Å². The maximum Gasteiger partial charge on any atom is 0.0956 e. The Morgan fingerprint density at radius 3 is 2.11 bits per heavy atom. The van der Waals surface area contributed by atoms with Crippen LogP contribution in [0.4, 0.5) is 0 Å². The molecule has 0 spiro atoms. The molecular weight excluding hydrogens is 236 g/mol. The van der Waals surface area contributed by atoms with Gasteiger partial charge in [0, 0.05) is 6.54 Å². The molecule has 0 aliphatic heterocycles. The molecule has 0 aliphatic rings. The molecule has 2 unspecified atom stereocenters. The summed E-state index contributed by atoms with van der Waals surface area (Å²) in [6.45, 7) is 2.55. The molecular formula is C16H20N2O. The molecule has 2 aromatic rings. The Balaban J connectivity index is 2.01. The second-order valence-electron chi connectivity index (χ2n) is 4.75. The van der Waals surface area contributed by atoms with Crippen molar-refractivity contribution in [2.75, 3.05) is 0 Å². The molecule has 0 saturated heterocycles. The van der Waals surface area contributed by atoms with Gasteiger partial charge in [0.2, 0.25) is 0 Å². The summed E-state index contributed by atoms with van der Waals surface area (Å²) in [6, 6.07) is 19.5. The van der Waals surface area contributed by atoms with Gasteiger partial charge in [-0.3, -0.25) is 5.84 Å². The van der Waals surface area contributed by atoms with Crippen LogP contribution in [0, 0.1) is 0 Å². The summed E-state index contributed by atoms with van der Waals surface area (Å²) >= 11 is 0. The first-order valence-electron chi connectivity index (χ1n) is 6.47. The van der Waals surface area contributed by atoms with Crippen LogP contribution >= 0.6 is 0 Å². The Hall–Kier alpha value is -1.68. The smallest absolute Gasteiger partial charge is 0.0956 e. The van der Waals surface area contributed by atoms with Gasteiger partial charge in [0.1, 0.15) is 0 Å². The van der Waals surface area contributed by atoms with Crippen LogP contribution in [0.2, 0.25) is 0 Å². The van der Waals surface area contributed by atoms with E-state index in [0.717, 1.165) is 11.1 Å². The standard InChI is InChI=1S/C16H20N2O/c1-13(16(19)15-10-6-3-7-11-15)18(17)12-14-8-4-2-5-9-14/h2-11,13,16,19H,12,17H2,1H3. The quantitative estimate of drug-likeness (QED) is 0.638. The zero-order chi connectivity index (χ0) is 13.7. The maximum absolute atomic E-state index is 10.3. The van der Waals surface area contributed by atoms with Gasteiger partial charge in [0.25, 0.3) is 0 Å². The number of hydrogen-bond donors (Lipinski definition) is 2. The summed E-state index contributed by atoms with van der Waals surface area (Å²) in [4.78, 5) is 0. The summed E-state index contributed by atoms with van der Waals surface area (Å²) < 4.78 is 0. The SMILES string of the molecule is CC(C(O)c1ccccc1)N(N)Cc1ccccc1. The minimum atomic E-state index is -0.588. The Labute approximate surface area is 114 Å². The van der Waals surface area contributed by atoms with Crippen LogP contribution in [-0.4, -0.2) is 16.2 Å². The van der Waals surface area contributed by atoms with Gasteiger partial charge < -0.3 is 5.11 Å². The molecule has 0 heterocycles. The zero-order valence-corrected chi connectivity index (χ0v) is 11.1. The molecule has 100 valence electrons. The number of hydrogen-bond acceptors (Lipinski definition) is 3. The summed E-state index contributed by atoms with van der Waals surface area (Å²) in [5, 5.41) is 12.0. The summed E-state index contributed by atoms with van der Waals surface area (Å²) in [7, 11) is 0. The molecule has 3 heteroatoms. The van der Waals surface area contributed by atoms with Gasteiger partial charge in [-0.1, -0.05) is 60.7 Å². The highest BCUT2D eigenvalue weighted by Crippen LogP contribution is 2.20. The topological polar surface area (TPSA) is 49.5 Å². The van der Waals surface area contributed by atoms with E-state index in [1.54, 1.807) is 5.01 Å². The molecule has 3 N–H and O–H groups in total. The van der Waals surface area contributed by atoms with Crippen molar-refractivity contribution >= 4 is 0 Å². The lowest BCUT2D eigenvalue weighted by Crippen LogP contribution is -2.42.